The highest BCUT2D eigenvalue weighted by molar-refractivity contribution is 8.00. The quantitative estimate of drug-likeness (QED) is 0.310. The molecule has 0 aliphatic heterocycles. The van der Waals surface area contributed by atoms with Crippen LogP contribution in [0.1, 0.15) is 24.3 Å². The number of aromatic nitrogens is 2. The molecule has 0 bridgehead atoms. The molecule has 1 saturated carbocycles. The molecule has 7 heteroatoms. The van der Waals surface area contributed by atoms with Crippen LogP contribution in [0, 0.1) is 0 Å². The summed E-state index contributed by atoms with van der Waals surface area (Å²) in [4.78, 5) is 19.5. The van der Waals surface area contributed by atoms with Gasteiger partial charge in [-0.15, -0.1) is 17.9 Å². The van der Waals surface area contributed by atoms with Gasteiger partial charge in [-0.3, -0.25) is 13.6 Å². The van der Waals surface area contributed by atoms with Crippen molar-refractivity contribution < 1.29 is 4.21 Å². The Morgan fingerprint density at radius 2 is 2.11 bits per heavy atom. The molecule has 0 amide bonds. The number of hydrogen-bond donors (Lipinski definition) is 0. The fraction of sp³-hybridized carbons (Fsp3) is 0.300. The summed E-state index contributed by atoms with van der Waals surface area (Å²) in [6, 6.07) is 9.46. The molecule has 1 aromatic carbocycles. The number of thiophene rings is 1. The Morgan fingerprint density at radius 1 is 1.33 bits per heavy atom. The van der Waals surface area contributed by atoms with Crippen LogP contribution in [-0.2, 0) is 17.3 Å². The molecule has 3 aromatic rings. The van der Waals surface area contributed by atoms with Gasteiger partial charge in [-0.2, -0.15) is 0 Å². The van der Waals surface area contributed by atoms with Gasteiger partial charge in [-0.25, -0.2) is 4.98 Å². The van der Waals surface area contributed by atoms with Gasteiger partial charge < -0.3 is 0 Å². The number of rotatable bonds is 8. The van der Waals surface area contributed by atoms with Crippen molar-refractivity contribution in [1.29, 1.82) is 0 Å². The molecule has 1 atom stereocenters. The zero-order chi connectivity index (χ0) is 18.8. The standard InChI is InChI=1S/C20H20N2O2S3/c1-2-10-22-19(23)17-16(14-8-9-14)13-26-18(17)21-20(22)25-11-12-27(24)15-6-4-3-5-7-15/h2-7,13-14H,1,8-12H2/t27-/m1/s1. The number of fused-ring (bicyclic) bond motifs is 1. The maximum absolute atomic E-state index is 13.1. The molecule has 2 heterocycles. The Balaban J connectivity index is 1.57. The first-order valence-corrected chi connectivity index (χ1v) is 12.1. The molecule has 0 radical (unpaired) electrons. The van der Waals surface area contributed by atoms with Crippen molar-refractivity contribution in [3.8, 4) is 0 Å². The second-order valence-electron chi connectivity index (χ2n) is 6.46. The third kappa shape index (κ3) is 3.95. The number of thioether (sulfide) groups is 1. The number of benzene rings is 1. The largest absolute Gasteiger partial charge is 0.283 e. The molecule has 1 aliphatic carbocycles. The van der Waals surface area contributed by atoms with Crippen LogP contribution in [-0.4, -0.2) is 25.3 Å². The molecule has 27 heavy (non-hydrogen) atoms. The maximum atomic E-state index is 13.1. The SMILES string of the molecule is C=CCn1c(SCC[S@@](=O)c2ccccc2)nc2scc(C3CC3)c2c1=O. The van der Waals surface area contributed by atoms with E-state index in [1.807, 2.05) is 30.3 Å². The molecule has 4 rings (SSSR count). The lowest BCUT2D eigenvalue weighted by Gasteiger charge is -2.10. The minimum Gasteiger partial charge on any atom is -0.283 e. The summed E-state index contributed by atoms with van der Waals surface area (Å²) < 4.78 is 14.1. The van der Waals surface area contributed by atoms with E-state index in [0.29, 0.717) is 29.1 Å². The predicted octanol–water partition coefficient (Wildman–Crippen LogP) is 4.42. The van der Waals surface area contributed by atoms with Crippen LogP contribution < -0.4 is 5.56 Å². The molecule has 0 spiro atoms. The summed E-state index contributed by atoms with van der Waals surface area (Å²) in [7, 11) is -1.05. The van der Waals surface area contributed by atoms with Gasteiger partial charge in [0.1, 0.15) is 4.83 Å². The molecule has 0 unspecified atom stereocenters. The van der Waals surface area contributed by atoms with Gasteiger partial charge in [0.25, 0.3) is 5.56 Å². The first kappa shape index (κ1) is 18.7. The Bertz CT molecular complexity index is 1050. The lowest BCUT2D eigenvalue weighted by Crippen LogP contribution is -2.23. The summed E-state index contributed by atoms with van der Waals surface area (Å²) in [6.07, 6.45) is 4.05. The zero-order valence-corrected chi connectivity index (χ0v) is 17.2. The first-order chi connectivity index (χ1) is 13.2. The van der Waals surface area contributed by atoms with E-state index in [-0.39, 0.29) is 5.56 Å². The average molecular weight is 417 g/mol. The Hall–Kier alpha value is -1.70. The highest BCUT2D eigenvalue weighted by Crippen LogP contribution is 2.44. The topological polar surface area (TPSA) is 52.0 Å². The van der Waals surface area contributed by atoms with E-state index in [9.17, 15) is 9.00 Å². The molecule has 0 saturated heterocycles. The van der Waals surface area contributed by atoms with E-state index in [4.69, 9.17) is 4.98 Å². The monoisotopic (exact) mass is 416 g/mol. The van der Waals surface area contributed by atoms with Gasteiger partial charge in [0, 0.05) is 22.9 Å². The maximum Gasteiger partial charge on any atom is 0.263 e. The van der Waals surface area contributed by atoms with Crippen LogP contribution in [0.25, 0.3) is 10.2 Å². The highest BCUT2D eigenvalue weighted by Gasteiger charge is 2.28. The van der Waals surface area contributed by atoms with E-state index in [1.165, 1.54) is 11.8 Å². The van der Waals surface area contributed by atoms with E-state index in [0.717, 1.165) is 33.5 Å². The average Bonchev–Trinajstić information content (AvgIpc) is 3.44. The van der Waals surface area contributed by atoms with Gasteiger partial charge >= 0.3 is 0 Å². The minimum absolute atomic E-state index is 0.0229. The van der Waals surface area contributed by atoms with Gasteiger partial charge in [-0.05, 0) is 41.8 Å². The fourth-order valence-corrected chi connectivity index (χ4v) is 6.38. The number of allylic oxidation sites excluding steroid dienone is 1. The van der Waals surface area contributed by atoms with Crippen LogP contribution in [0.4, 0.5) is 0 Å². The van der Waals surface area contributed by atoms with Crippen molar-refractivity contribution >= 4 is 44.1 Å². The second kappa shape index (κ2) is 8.12. The smallest absolute Gasteiger partial charge is 0.263 e. The summed E-state index contributed by atoms with van der Waals surface area (Å²) in [6.45, 7) is 4.22. The van der Waals surface area contributed by atoms with Gasteiger partial charge in [0.15, 0.2) is 5.16 Å². The van der Waals surface area contributed by atoms with Crippen LogP contribution in [0.5, 0.6) is 0 Å². The van der Waals surface area contributed by atoms with Crippen molar-refractivity contribution in [1.82, 2.24) is 9.55 Å². The van der Waals surface area contributed by atoms with E-state index >= 15 is 0 Å². The molecule has 2 aromatic heterocycles. The number of hydrogen-bond acceptors (Lipinski definition) is 5. The van der Waals surface area contributed by atoms with Crippen LogP contribution in [0.2, 0.25) is 0 Å². The molecule has 0 N–H and O–H groups in total. The molecule has 140 valence electrons. The van der Waals surface area contributed by atoms with E-state index in [1.54, 1.807) is 22.0 Å². The van der Waals surface area contributed by atoms with Gasteiger partial charge in [0.2, 0.25) is 0 Å². The summed E-state index contributed by atoms with van der Waals surface area (Å²) in [5.74, 6) is 1.68. The van der Waals surface area contributed by atoms with Crippen LogP contribution >= 0.6 is 23.1 Å². The molecule has 1 fully saturated rings. The number of nitrogens with zero attached hydrogens (tertiary/aromatic N) is 2. The Morgan fingerprint density at radius 3 is 2.81 bits per heavy atom. The van der Waals surface area contributed by atoms with Crippen LogP contribution in [0.15, 0.2) is 63.2 Å². The Labute approximate surface area is 168 Å². The van der Waals surface area contributed by atoms with Crippen molar-refractivity contribution in [3.63, 3.8) is 0 Å². The van der Waals surface area contributed by atoms with Crippen molar-refractivity contribution in [3.05, 3.63) is 64.3 Å². The van der Waals surface area contributed by atoms with E-state index < -0.39 is 10.8 Å². The van der Waals surface area contributed by atoms with Crippen molar-refractivity contribution in [2.24, 2.45) is 0 Å². The molecule has 4 nitrogen and oxygen atoms in total. The van der Waals surface area contributed by atoms with Crippen LogP contribution in [0.3, 0.4) is 0 Å². The molecular weight excluding hydrogens is 396 g/mol. The lowest BCUT2D eigenvalue weighted by molar-refractivity contribution is 0.672. The van der Waals surface area contributed by atoms with Crippen molar-refractivity contribution in [2.45, 2.75) is 35.4 Å². The second-order valence-corrected chi connectivity index (χ2v) is 9.95. The third-order valence-corrected chi connectivity index (χ3v) is 8.02. The minimum atomic E-state index is -1.05. The highest BCUT2D eigenvalue weighted by atomic mass is 32.2. The lowest BCUT2D eigenvalue weighted by atomic mass is 10.1. The normalized spacial score (nSPS) is 15.1. The summed E-state index contributed by atoms with van der Waals surface area (Å²) >= 11 is 3.04. The fourth-order valence-electron chi connectivity index (χ4n) is 3.02. The Kier molecular flexibility index (Phi) is 5.61. The first-order valence-electron chi connectivity index (χ1n) is 8.88. The zero-order valence-electron chi connectivity index (χ0n) is 14.8. The molecule has 1 aliphatic rings. The summed E-state index contributed by atoms with van der Waals surface area (Å²) in [5, 5.41) is 3.55. The van der Waals surface area contributed by atoms with E-state index in [2.05, 4.69) is 12.0 Å². The third-order valence-electron chi connectivity index (χ3n) is 4.52. The molecular formula is C20H20N2O2S3. The van der Waals surface area contributed by atoms with Crippen molar-refractivity contribution in [2.75, 3.05) is 11.5 Å². The van der Waals surface area contributed by atoms with Gasteiger partial charge in [0.05, 0.1) is 16.2 Å². The summed E-state index contributed by atoms with van der Waals surface area (Å²) in [5.41, 5.74) is 1.18. The van der Waals surface area contributed by atoms with Gasteiger partial charge in [-0.1, -0.05) is 36.0 Å². The predicted molar refractivity (Wildman–Crippen MR) is 114 cm³/mol.